The van der Waals surface area contributed by atoms with Crippen LogP contribution in [0, 0.1) is 6.92 Å². The predicted octanol–water partition coefficient (Wildman–Crippen LogP) is 3.87. The van der Waals surface area contributed by atoms with Crippen molar-refractivity contribution < 1.29 is 14.0 Å². The van der Waals surface area contributed by atoms with Gasteiger partial charge >= 0.3 is 7.12 Å². The van der Waals surface area contributed by atoms with Crippen molar-refractivity contribution in [2.45, 2.75) is 52.4 Å². The first-order valence-corrected chi connectivity index (χ1v) is 8.42. The summed E-state index contributed by atoms with van der Waals surface area (Å²) >= 11 is 0. The van der Waals surface area contributed by atoms with Gasteiger partial charge in [0.05, 0.1) is 11.2 Å². The zero-order chi connectivity index (χ0) is 17.4. The van der Waals surface area contributed by atoms with Crippen LogP contribution in [0.1, 0.15) is 38.8 Å². The maximum absolute atomic E-state index is 6.16. The second-order valence-corrected chi connectivity index (χ2v) is 7.34. The van der Waals surface area contributed by atoms with E-state index in [0.29, 0.717) is 6.61 Å². The lowest BCUT2D eigenvalue weighted by Gasteiger charge is -2.32. The first-order chi connectivity index (χ1) is 11.3. The smallest absolute Gasteiger partial charge is 0.489 e. The molecule has 1 aliphatic rings. The molecule has 1 saturated heterocycles. The van der Waals surface area contributed by atoms with Gasteiger partial charge in [-0.25, -0.2) is 0 Å². The molecule has 0 N–H and O–H groups in total. The average molecular weight is 324 g/mol. The van der Waals surface area contributed by atoms with Gasteiger partial charge in [-0.3, -0.25) is 0 Å². The van der Waals surface area contributed by atoms with Crippen LogP contribution in [-0.2, 0) is 15.9 Å². The van der Waals surface area contributed by atoms with Crippen molar-refractivity contribution in [1.29, 1.82) is 0 Å². The monoisotopic (exact) mass is 324 g/mol. The summed E-state index contributed by atoms with van der Waals surface area (Å²) in [5, 5.41) is 0. The van der Waals surface area contributed by atoms with Crippen LogP contribution in [0.5, 0.6) is 5.75 Å². The Labute approximate surface area is 145 Å². The summed E-state index contributed by atoms with van der Waals surface area (Å²) in [5.74, 6) is 0.805. The van der Waals surface area contributed by atoms with Crippen molar-refractivity contribution in [3.63, 3.8) is 0 Å². The molecule has 126 valence electrons. The number of ether oxygens (including phenoxy) is 1. The molecule has 0 aliphatic carbocycles. The molecule has 0 saturated carbocycles. The van der Waals surface area contributed by atoms with E-state index in [1.807, 2.05) is 36.4 Å². The zero-order valence-electron chi connectivity index (χ0n) is 15.1. The third-order valence-corrected chi connectivity index (χ3v) is 5.07. The number of para-hydroxylation sites is 1. The third-order valence-electron chi connectivity index (χ3n) is 5.07. The van der Waals surface area contributed by atoms with Crippen molar-refractivity contribution in [3.8, 4) is 5.75 Å². The lowest BCUT2D eigenvalue weighted by molar-refractivity contribution is 0.00578. The Bertz CT molecular complexity index is 708. The lowest BCUT2D eigenvalue weighted by Crippen LogP contribution is -2.41. The van der Waals surface area contributed by atoms with Crippen molar-refractivity contribution >= 4 is 12.6 Å². The first-order valence-electron chi connectivity index (χ1n) is 8.42. The number of hydrogen-bond acceptors (Lipinski definition) is 3. The molecule has 2 aromatic carbocycles. The van der Waals surface area contributed by atoms with Gasteiger partial charge in [-0.15, -0.1) is 0 Å². The van der Waals surface area contributed by atoms with E-state index in [1.54, 1.807) is 0 Å². The largest absolute Gasteiger partial charge is 0.498 e. The van der Waals surface area contributed by atoms with Crippen LogP contribution < -0.4 is 10.2 Å². The van der Waals surface area contributed by atoms with Crippen LogP contribution in [0.15, 0.2) is 48.5 Å². The number of benzene rings is 2. The molecule has 0 unspecified atom stereocenters. The molecule has 4 heteroatoms. The Morgan fingerprint density at radius 2 is 1.46 bits per heavy atom. The van der Waals surface area contributed by atoms with Gasteiger partial charge in [0.25, 0.3) is 0 Å². The first kappa shape index (κ1) is 17.1. The molecule has 0 amide bonds. The van der Waals surface area contributed by atoms with Gasteiger partial charge in [-0.2, -0.15) is 0 Å². The highest BCUT2D eigenvalue weighted by Gasteiger charge is 2.52. The molecule has 0 atom stereocenters. The summed E-state index contributed by atoms with van der Waals surface area (Å²) in [6.45, 7) is 10.9. The van der Waals surface area contributed by atoms with E-state index in [2.05, 4.69) is 46.8 Å². The Morgan fingerprint density at radius 3 is 2.12 bits per heavy atom. The van der Waals surface area contributed by atoms with Crippen LogP contribution in [0.25, 0.3) is 0 Å². The normalized spacial score (nSPS) is 18.6. The van der Waals surface area contributed by atoms with Crippen LogP contribution in [0.3, 0.4) is 0 Å². The molecule has 24 heavy (non-hydrogen) atoms. The molecule has 0 bridgehead atoms. The van der Waals surface area contributed by atoms with Gasteiger partial charge < -0.3 is 14.0 Å². The summed E-state index contributed by atoms with van der Waals surface area (Å²) < 4.78 is 18.4. The van der Waals surface area contributed by atoms with Crippen molar-refractivity contribution in [1.82, 2.24) is 0 Å². The number of aryl methyl sites for hydroxylation is 1. The van der Waals surface area contributed by atoms with E-state index in [4.69, 9.17) is 14.0 Å². The van der Waals surface area contributed by atoms with E-state index < -0.39 is 7.12 Å². The van der Waals surface area contributed by atoms with E-state index in [-0.39, 0.29) is 11.2 Å². The van der Waals surface area contributed by atoms with Gasteiger partial charge in [0.1, 0.15) is 12.4 Å². The van der Waals surface area contributed by atoms with E-state index in [9.17, 15) is 0 Å². The van der Waals surface area contributed by atoms with Crippen LogP contribution in [0.2, 0.25) is 0 Å². The Morgan fingerprint density at radius 1 is 0.875 bits per heavy atom. The van der Waals surface area contributed by atoms with Crippen LogP contribution in [0.4, 0.5) is 0 Å². The highest BCUT2D eigenvalue weighted by molar-refractivity contribution is 6.63. The summed E-state index contributed by atoms with van der Waals surface area (Å²) in [5.41, 5.74) is 2.62. The topological polar surface area (TPSA) is 27.7 Å². The molecule has 1 fully saturated rings. The van der Waals surface area contributed by atoms with Gasteiger partial charge in [0.2, 0.25) is 0 Å². The minimum atomic E-state index is -0.414. The summed E-state index contributed by atoms with van der Waals surface area (Å²) in [6, 6.07) is 16.2. The van der Waals surface area contributed by atoms with E-state index in [0.717, 1.165) is 11.2 Å². The fourth-order valence-corrected chi connectivity index (χ4v) is 2.70. The van der Waals surface area contributed by atoms with Gasteiger partial charge in [-0.1, -0.05) is 42.5 Å². The molecule has 1 heterocycles. The van der Waals surface area contributed by atoms with Crippen molar-refractivity contribution in [3.05, 3.63) is 59.7 Å². The van der Waals surface area contributed by atoms with E-state index >= 15 is 0 Å². The van der Waals surface area contributed by atoms with Crippen LogP contribution in [-0.4, -0.2) is 18.3 Å². The lowest BCUT2D eigenvalue weighted by atomic mass is 9.78. The quantitative estimate of drug-likeness (QED) is 0.799. The summed E-state index contributed by atoms with van der Waals surface area (Å²) in [4.78, 5) is 0. The van der Waals surface area contributed by atoms with Gasteiger partial charge in [-0.05, 0) is 51.8 Å². The molecular weight excluding hydrogens is 299 g/mol. The molecule has 3 rings (SSSR count). The molecule has 0 radical (unpaired) electrons. The molecular formula is C20H25BO3. The molecule has 1 aliphatic heterocycles. The summed E-state index contributed by atoms with van der Waals surface area (Å²) in [6.07, 6.45) is 0. The highest BCUT2D eigenvalue weighted by atomic mass is 16.7. The van der Waals surface area contributed by atoms with Gasteiger partial charge in [0, 0.05) is 5.46 Å². The van der Waals surface area contributed by atoms with Crippen molar-refractivity contribution in [2.24, 2.45) is 0 Å². The Balaban J connectivity index is 1.81. The summed E-state index contributed by atoms with van der Waals surface area (Å²) in [7, 11) is -0.414. The van der Waals surface area contributed by atoms with Gasteiger partial charge in [0.15, 0.2) is 0 Å². The third kappa shape index (κ3) is 3.21. The van der Waals surface area contributed by atoms with Crippen molar-refractivity contribution in [2.75, 3.05) is 0 Å². The maximum atomic E-state index is 6.16. The molecule has 3 nitrogen and oxygen atoms in total. The predicted molar refractivity (Wildman–Crippen MR) is 97.7 cm³/mol. The molecule has 2 aromatic rings. The highest BCUT2D eigenvalue weighted by Crippen LogP contribution is 2.37. The fourth-order valence-electron chi connectivity index (χ4n) is 2.70. The Kier molecular flexibility index (Phi) is 4.45. The molecule has 0 spiro atoms. The standard InChI is InChI=1S/C20H25BO3/c1-15-10-6-7-11-16(15)14-22-18-13-9-8-12-17(18)21-23-19(2,3)20(4,5)24-21/h6-13H,14H2,1-5H3. The number of rotatable bonds is 4. The second kappa shape index (κ2) is 6.27. The average Bonchev–Trinajstić information content (AvgIpc) is 2.75. The SMILES string of the molecule is Cc1ccccc1COc1ccccc1B1OC(C)(C)C(C)(C)O1. The minimum Gasteiger partial charge on any atom is -0.489 e. The Hall–Kier alpha value is -1.78. The van der Waals surface area contributed by atoms with Crippen LogP contribution >= 0.6 is 0 Å². The minimum absolute atomic E-state index is 0.360. The zero-order valence-corrected chi connectivity index (χ0v) is 15.1. The van der Waals surface area contributed by atoms with E-state index in [1.165, 1.54) is 11.1 Å². The second-order valence-electron chi connectivity index (χ2n) is 7.34. The number of hydrogen-bond donors (Lipinski definition) is 0. The molecule has 0 aromatic heterocycles. The fraction of sp³-hybridized carbons (Fsp3) is 0.400. The maximum Gasteiger partial charge on any atom is 0.498 e.